The topological polar surface area (TPSA) is 0 Å². The molecule has 0 aliphatic heterocycles. The molecular formula is C11H21F. The van der Waals surface area contributed by atoms with Gasteiger partial charge >= 0.3 is 0 Å². The maximum absolute atomic E-state index is 14.1. The monoisotopic (exact) mass is 172 g/mol. The predicted molar refractivity (Wildman–Crippen MR) is 50.9 cm³/mol. The van der Waals surface area contributed by atoms with Crippen molar-refractivity contribution < 1.29 is 4.39 Å². The van der Waals surface area contributed by atoms with Gasteiger partial charge in [-0.3, -0.25) is 0 Å². The van der Waals surface area contributed by atoms with Crippen LogP contribution in [0, 0.1) is 11.8 Å². The molecule has 1 fully saturated rings. The molecule has 0 N–H and O–H groups in total. The Hall–Kier alpha value is -0.0700. The lowest BCUT2D eigenvalue weighted by atomic mass is 9.76. The zero-order valence-corrected chi connectivity index (χ0v) is 8.57. The highest BCUT2D eigenvalue weighted by Crippen LogP contribution is 2.39. The quantitative estimate of drug-likeness (QED) is 0.591. The number of hydrogen-bond donors (Lipinski definition) is 0. The highest BCUT2D eigenvalue weighted by atomic mass is 19.1. The third kappa shape index (κ3) is 2.76. The van der Waals surface area contributed by atoms with Crippen LogP contribution in [0.2, 0.25) is 0 Å². The van der Waals surface area contributed by atoms with Gasteiger partial charge < -0.3 is 0 Å². The Morgan fingerprint density at radius 2 is 2.17 bits per heavy atom. The molecule has 0 saturated heterocycles. The summed E-state index contributed by atoms with van der Waals surface area (Å²) in [6.07, 6.45) is 4.67. The van der Waals surface area contributed by atoms with E-state index < -0.39 is 5.67 Å². The fourth-order valence-corrected chi connectivity index (χ4v) is 2.51. The van der Waals surface area contributed by atoms with Gasteiger partial charge in [0.1, 0.15) is 5.67 Å². The van der Waals surface area contributed by atoms with Gasteiger partial charge in [0.2, 0.25) is 0 Å². The first-order valence-corrected chi connectivity index (χ1v) is 5.21. The van der Waals surface area contributed by atoms with Crippen LogP contribution in [0.15, 0.2) is 0 Å². The van der Waals surface area contributed by atoms with E-state index in [0.717, 1.165) is 25.7 Å². The van der Waals surface area contributed by atoms with Crippen LogP contribution in [0.4, 0.5) is 4.39 Å². The van der Waals surface area contributed by atoms with E-state index in [-0.39, 0.29) is 0 Å². The van der Waals surface area contributed by atoms with Gasteiger partial charge in [-0.15, -0.1) is 0 Å². The first-order valence-electron chi connectivity index (χ1n) is 5.21. The van der Waals surface area contributed by atoms with Gasteiger partial charge in [0, 0.05) is 0 Å². The minimum absolute atomic E-state index is 0.500. The van der Waals surface area contributed by atoms with Gasteiger partial charge in [0.05, 0.1) is 0 Å². The summed E-state index contributed by atoms with van der Waals surface area (Å²) in [5.41, 5.74) is -0.828. The molecule has 0 aromatic carbocycles. The maximum atomic E-state index is 14.1. The van der Waals surface area contributed by atoms with Crippen molar-refractivity contribution >= 4 is 0 Å². The Labute approximate surface area is 75.5 Å². The molecule has 0 radical (unpaired) electrons. The first-order chi connectivity index (χ1) is 5.52. The number of rotatable bonds is 2. The minimum Gasteiger partial charge on any atom is -0.244 e. The second-order valence-corrected chi connectivity index (χ2v) is 4.95. The van der Waals surface area contributed by atoms with Crippen LogP contribution in [-0.2, 0) is 0 Å². The van der Waals surface area contributed by atoms with Crippen LogP contribution in [0.1, 0.15) is 52.9 Å². The van der Waals surface area contributed by atoms with Gasteiger partial charge in [-0.25, -0.2) is 4.39 Å². The van der Waals surface area contributed by atoms with Crippen LogP contribution in [-0.4, -0.2) is 5.67 Å². The highest BCUT2D eigenvalue weighted by molar-refractivity contribution is 4.86. The Morgan fingerprint density at radius 1 is 1.50 bits per heavy atom. The third-order valence-corrected chi connectivity index (χ3v) is 2.81. The van der Waals surface area contributed by atoms with E-state index in [1.54, 1.807) is 0 Å². The summed E-state index contributed by atoms with van der Waals surface area (Å²) in [7, 11) is 0. The predicted octanol–water partition coefficient (Wildman–Crippen LogP) is 3.95. The van der Waals surface area contributed by atoms with Crippen LogP contribution >= 0.6 is 0 Å². The minimum atomic E-state index is -0.828. The van der Waals surface area contributed by atoms with Crippen molar-refractivity contribution in [2.24, 2.45) is 11.8 Å². The molecule has 1 rings (SSSR count). The van der Waals surface area contributed by atoms with Crippen molar-refractivity contribution in [3.63, 3.8) is 0 Å². The highest BCUT2D eigenvalue weighted by Gasteiger charge is 2.34. The first kappa shape index (κ1) is 10.0. The largest absolute Gasteiger partial charge is 0.244 e. The van der Waals surface area contributed by atoms with Crippen molar-refractivity contribution in [2.75, 3.05) is 0 Å². The summed E-state index contributed by atoms with van der Waals surface area (Å²) in [4.78, 5) is 0. The van der Waals surface area contributed by atoms with Crippen molar-refractivity contribution in [1.29, 1.82) is 0 Å². The molecule has 2 unspecified atom stereocenters. The summed E-state index contributed by atoms with van der Waals surface area (Å²) in [5, 5.41) is 0. The molecule has 1 heteroatoms. The molecule has 0 aromatic heterocycles. The van der Waals surface area contributed by atoms with E-state index in [1.165, 1.54) is 6.42 Å². The lowest BCUT2D eigenvalue weighted by Crippen LogP contribution is -2.31. The van der Waals surface area contributed by atoms with E-state index in [1.807, 2.05) is 0 Å². The van der Waals surface area contributed by atoms with E-state index in [2.05, 4.69) is 20.8 Å². The standard InChI is InChI=1S/C11H21F/c1-9(2)7-11(12)6-4-5-10(3)8-11/h9-10H,4-8H2,1-3H3. The summed E-state index contributed by atoms with van der Waals surface area (Å²) in [6.45, 7) is 6.40. The Kier molecular flexibility index (Phi) is 3.14. The molecule has 0 amide bonds. The fraction of sp³-hybridized carbons (Fsp3) is 1.00. The van der Waals surface area contributed by atoms with Crippen LogP contribution in [0.5, 0.6) is 0 Å². The number of hydrogen-bond acceptors (Lipinski definition) is 0. The molecule has 1 aliphatic rings. The third-order valence-electron chi connectivity index (χ3n) is 2.81. The lowest BCUT2D eigenvalue weighted by Gasteiger charge is -2.34. The molecule has 2 atom stereocenters. The Morgan fingerprint density at radius 3 is 2.67 bits per heavy atom. The second-order valence-electron chi connectivity index (χ2n) is 4.95. The Balaban J connectivity index is 2.45. The van der Waals surface area contributed by atoms with Gasteiger partial charge in [0.15, 0.2) is 0 Å². The molecule has 0 heterocycles. The molecule has 0 spiro atoms. The van der Waals surface area contributed by atoms with Crippen molar-refractivity contribution in [3.05, 3.63) is 0 Å². The fourth-order valence-electron chi connectivity index (χ4n) is 2.51. The normalized spacial score (nSPS) is 37.2. The van der Waals surface area contributed by atoms with Crippen molar-refractivity contribution in [2.45, 2.75) is 58.5 Å². The molecule has 1 saturated carbocycles. The van der Waals surface area contributed by atoms with Crippen LogP contribution < -0.4 is 0 Å². The van der Waals surface area contributed by atoms with E-state index in [4.69, 9.17) is 0 Å². The van der Waals surface area contributed by atoms with E-state index in [0.29, 0.717) is 11.8 Å². The average Bonchev–Trinajstić information content (AvgIpc) is 1.82. The molecular weight excluding hydrogens is 151 g/mol. The summed E-state index contributed by atoms with van der Waals surface area (Å²) < 4.78 is 14.1. The van der Waals surface area contributed by atoms with Crippen molar-refractivity contribution in [3.8, 4) is 0 Å². The molecule has 72 valence electrons. The van der Waals surface area contributed by atoms with Gasteiger partial charge in [-0.1, -0.05) is 33.6 Å². The SMILES string of the molecule is CC(C)CC1(F)CCCC(C)C1. The average molecular weight is 172 g/mol. The van der Waals surface area contributed by atoms with Gasteiger partial charge in [-0.2, -0.15) is 0 Å². The zero-order valence-electron chi connectivity index (χ0n) is 8.57. The Bertz CT molecular complexity index is 138. The number of halogens is 1. The van der Waals surface area contributed by atoms with E-state index in [9.17, 15) is 4.39 Å². The lowest BCUT2D eigenvalue weighted by molar-refractivity contribution is 0.0581. The second kappa shape index (κ2) is 3.76. The van der Waals surface area contributed by atoms with Crippen molar-refractivity contribution in [1.82, 2.24) is 0 Å². The van der Waals surface area contributed by atoms with Crippen LogP contribution in [0.3, 0.4) is 0 Å². The maximum Gasteiger partial charge on any atom is 0.111 e. The molecule has 1 aliphatic carbocycles. The van der Waals surface area contributed by atoms with Crippen LogP contribution in [0.25, 0.3) is 0 Å². The molecule has 0 aromatic rings. The molecule has 0 nitrogen and oxygen atoms in total. The summed E-state index contributed by atoms with van der Waals surface area (Å²) >= 11 is 0. The molecule has 12 heavy (non-hydrogen) atoms. The van der Waals surface area contributed by atoms with Gasteiger partial charge in [0.25, 0.3) is 0 Å². The van der Waals surface area contributed by atoms with E-state index >= 15 is 0 Å². The smallest absolute Gasteiger partial charge is 0.111 e. The summed E-state index contributed by atoms with van der Waals surface area (Å²) in [5.74, 6) is 1.10. The number of alkyl halides is 1. The van der Waals surface area contributed by atoms with Gasteiger partial charge in [-0.05, 0) is 31.1 Å². The zero-order chi connectivity index (χ0) is 9.19. The summed E-state index contributed by atoms with van der Waals surface area (Å²) in [6, 6.07) is 0. The molecule has 0 bridgehead atoms.